The summed E-state index contributed by atoms with van der Waals surface area (Å²) in [4.78, 5) is 12.0. The lowest BCUT2D eigenvalue weighted by molar-refractivity contribution is -0.130. The van der Waals surface area contributed by atoms with Crippen LogP contribution in [0.15, 0.2) is 65.9 Å². The van der Waals surface area contributed by atoms with Crippen LogP contribution in [-0.2, 0) is 11.3 Å². The Morgan fingerprint density at radius 3 is 2.55 bits per heavy atom. The number of aromatic nitrogens is 2. The van der Waals surface area contributed by atoms with Crippen molar-refractivity contribution in [3.8, 4) is 6.07 Å². The molecule has 31 heavy (non-hydrogen) atoms. The first kappa shape index (κ1) is 21.8. The van der Waals surface area contributed by atoms with Crippen molar-refractivity contribution in [2.75, 3.05) is 6.54 Å². The Balaban J connectivity index is 0.000000287. The van der Waals surface area contributed by atoms with Gasteiger partial charge in [0.05, 0.1) is 29.9 Å². The molecular formula is C23H21F2N5O. The van der Waals surface area contributed by atoms with Gasteiger partial charge in [0.1, 0.15) is 11.6 Å². The average molecular weight is 421 g/mol. The quantitative estimate of drug-likeness (QED) is 0.572. The zero-order valence-electron chi connectivity index (χ0n) is 16.8. The van der Waals surface area contributed by atoms with Gasteiger partial charge in [0.2, 0.25) is 5.91 Å². The third-order valence-corrected chi connectivity index (χ3v) is 4.60. The van der Waals surface area contributed by atoms with Gasteiger partial charge in [0.15, 0.2) is 0 Å². The fourth-order valence-electron chi connectivity index (χ4n) is 3.03. The molecule has 6 nitrogen and oxygen atoms in total. The molecule has 0 bridgehead atoms. The number of nitriles is 1. The molecule has 1 aromatic heterocycles. The lowest BCUT2D eigenvalue weighted by Crippen LogP contribution is -2.23. The molecule has 0 saturated heterocycles. The Bertz CT molecular complexity index is 1140. The van der Waals surface area contributed by atoms with E-state index in [2.05, 4.69) is 22.8 Å². The van der Waals surface area contributed by atoms with Crippen LogP contribution in [0.2, 0.25) is 0 Å². The van der Waals surface area contributed by atoms with Crippen molar-refractivity contribution in [3.05, 3.63) is 78.0 Å². The van der Waals surface area contributed by atoms with E-state index in [4.69, 9.17) is 5.26 Å². The summed E-state index contributed by atoms with van der Waals surface area (Å²) >= 11 is 0. The topological polar surface area (TPSA) is 74.3 Å². The highest BCUT2D eigenvalue weighted by Gasteiger charge is 2.15. The molecule has 1 amide bonds. The van der Waals surface area contributed by atoms with Crippen molar-refractivity contribution in [2.24, 2.45) is 5.10 Å². The van der Waals surface area contributed by atoms with Crippen LogP contribution in [-0.4, -0.2) is 33.5 Å². The number of benzene rings is 2. The number of rotatable bonds is 5. The minimum Gasteiger partial charge on any atom is -0.273 e. The van der Waals surface area contributed by atoms with Crippen molar-refractivity contribution in [1.82, 2.24) is 14.8 Å². The molecule has 0 aliphatic carbocycles. The number of carbonyl (C=O) groups is 1. The summed E-state index contributed by atoms with van der Waals surface area (Å²) in [5.74, 6) is -1.04. The highest BCUT2D eigenvalue weighted by molar-refractivity contribution is 5.80. The van der Waals surface area contributed by atoms with E-state index >= 15 is 0 Å². The average Bonchev–Trinajstić information content (AvgIpc) is 3.42. The smallest absolute Gasteiger partial charge is 0.242 e. The Hall–Kier alpha value is -3.86. The molecule has 2 aromatic carbocycles. The van der Waals surface area contributed by atoms with Crippen LogP contribution in [0.3, 0.4) is 0 Å². The van der Waals surface area contributed by atoms with E-state index in [1.54, 1.807) is 18.5 Å². The summed E-state index contributed by atoms with van der Waals surface area (Å²) in [6, 6.07) is 12.2. The summed E-state index contributed by atoms with van der Waals surface area (Å²) in [6.45, 7) is 5.28. The van der Waals surface area contributed by atoms with Gasteiger partial charge in [-0.05, 0) is 36.8 Å². The Morgan fingerprint density at radius 2 is 1.94 bits per heavy atom. The summed E-state index contributed by atoms with van der Waals surface area (Å²) < 4.78 is 25.7. The molecule has 158 valence electrons. The number of allylic oxidation sites excluding steroid dienone is 1. The Labute approximate surface area is 178 Å². The van der Waals surface area contributed by atoms with Crippen LogP contribution in [0, 0.1) is 23.0 Å². The summed E-state index contributed by atoms with van der Waals surface area (Å²) in [5, 5.41) is 19.7. The zero-order chi connectivity index (χ0) is 22.2. The van der Waals surface area contributed by atoms with Crippen molar-refractivity contribution < 1.29 is 13.6 Å². The van der Waals surface area contributed by atoms with Gasteiger partial charge in [-0.3, -0.25) is 9.48 Å². The number of carbonyl (C=O) groups excluding carboxylic acids is 1. The van der Waals surface area contributed by atoms with Crippen molar-refractivity contribution in [2.45, 2.75) is 25.8 Å². The van der Waals surface area contributed by atoms with E-state index in [9.17, 15) is 13.6 Å². The molecule has 1 aliphatic heterocycles. The lowest BCUT2D eigenvalue weighted by atomic mass is 10.1. The molecule has 1 aliphatic rings. The number of nitrogens with zero attached hydrogens (tertiary/aromatic N) is 5. The van der Waals surface area contributed by atoms with Crippen molar-refractivity contribution in [3.63, 3.8) is 0 Å². The monoisotopic (exact) mass is 421 g/mol. The third-order valence-electron chi connectivity index (χ3n) is 4.60. The minimum atomic E-state index is -0.537. The molecule has 4 rings (SSSR count). The highest BCUT2D eigenvalue weighted by Crippen LogP contribution is 2.18. The molecule has 8 heteroatoms. The van der Waals surface area contributed by atoms with Crippen LogP contribution >= 0.6 is 0 Å². The van der Waals surface area contributed by atoms with Crippen LogP contribution in [0.1, 0.15) is 24.8 Å². The predicted octanol–water partition coefficient (Wildman–Crippen LogP) is 4.43. The predicted molar refractivity (Wildman–Crippen MR) is 114 cm³/mol. The van der Waals surface area contributed by atoms with E-state index in [1.165, 1.54) is 23.2 Å². The first-order valence-electron chi connectivity index (χ1n) is 9.72. The van der Waals surface area contributed by atoms with Gasteiger partial charge < -0.3 is 0 Å². The second kappa shape index (κ2) is 10.3. The number of hydrogen-bond donors (Lipinski definition) is 0. The molecule has 0 spiro atoms. The molecule has 0 fully saturated rings. The fourth-order valence-corrected chi connectivity index (χ4v) is 3.03. The summed E-state index contributed by atoms with van der Waals surface area (Å²) in [7, 11) is 0. The van der Waals surface area contributed by atoms with Gasteiger partial charge >= 0.3 is 0 Å². The third kappa shape index (κ3) is 6.06. The molecule has 0 N–H and O–H groups in total. The molecule has 3 aromatic rings. The second-order valence-electron chi connectivity index (χ2n) is 6.98. The van der Waals surface area contributed by atoms with Gasteiger partial charge in [-0.15, -0.1) is 0 Å². The van der Waals surface area contributed by atoms with Crippen molar-refractivity contribution >= 4 is 23.0 Å². The second-order valence-corrected chi connectivity index (χ2v) is 6.98. The van der Waals surface area contributed by atoms with E-state index in [0.29, 0.717) is 31.5 Å². The van der Waals surface area contributed by atoms with Crippen LogP contribution in [0.5, 0.6) is 0 Å². The highest BCUT2D eigenvalue weighted by atomic mass is 19.1. The maximum atomic E-state index is 12.0. The Kier molecular flexibility index (Phi) is 7.22. The number of hydrogen-bond acceptors (Lipinski definition) is 4. The van der Waals surface area contributed by atoms with Gasteiger partial charge in [-0.25, -0.2) is 13.8 Å². The zero-order valence-corrected chi connectivity index (χ0v) is 16.8. The maximum Gasteiger partial charge on any atom is 0.242 e. The van der Waals surface area contributed by atoms with Gasteiger partial charge in [0, 0.05) is 37.1 Å². The Morgan fingerprint density at radius 1 is 1.16 bits per heavy atom. The van der Waals surface area contributed by atoms with E-state index in [-0.39, 0.29) is 5.91 Å². The fraction of sp³-hybridized carbons (Fsp3) is 0.217. The standard InChI is InChI=1S/C17H17N5O.C6H4F2/c1-13(3-6-17(23)21-8-2-7-19-21)12-22-16-5-4-14(10-18)9-15(16)11-20-22;7-5-2-1-3-6(8)4-5/h4-5,7,9,11H,1-3,6,8,12H2;1-4H. The molecule has 0 saturated carbocycles. The molecule has 0 unspecified atom stereocenters. The van der Waals surface area contributed by atoms with Crippen molar-refractivity contribution in [1.29, 1.82) is 5.26 Å². The summed E-state index contributed by atoms with van der Waals surface area (Å²) in [6.07, 6.45) is 5.36. The van der Waals surface area contributed by atoms with Crippen LogP contribution in [0.25, 0.3) is 10.9 Å². The molecule has 0 radical (unpaired) electrons. The first-order chi connectivity index (χ1) is 15.0. The largest absolute Gasteiger partial charge is 0.273 e. The van der Waals surface area contributed by atoms with E-state index in [1.807, 2.05) is 16.8 Å². The minimum absolute atomic E-state index is 0.0314. The maximum absolute atomic E-state index is 12.0. The van der Waals surface area contributed by atoms with Gasteiger partial charge in [0.25, 0.3) is 0 Å². The molecule has 2 heterocycles. The van der Waals surface area contributed by atoms with E-state index in [0.717, 1.165) is 29.0 Å². The van der Waals surface area contributed by atoms with Crippen LogP contribution in [0.4, 0.5) is 8.78 Å². The number of hydrazone groups is 1. The number of amides is 1. The van der Waals surface area contributed by atoms with Gasteiger partial charge in [-0.1, -0.05) is 18.2 Å². The lowest BCUT2D eigenvalue weighted by Gasteiger charge is -2.12. The number of halogens is 2. The van der Waals surface area contributed by atoms with E-state index < -0.39 is 11.6 Å². The SMILES string of the molecule is C=C(CCC(=O)N1CCC=N1)Cn1ncc2cc(C#N)ccc21.Fc1cccc(F)c1. The summed E-state index contributed by atoms with van der Waals surface area (Å²) in [5.41, 5.74) is 2.52. The van der Waals surface area contributed by atoms with Crippen LogP contribution < -0.4 is 0 Å². The molecular weight excluding hydrogens is 400 g/mol. The normalized spacial score (nSPS) is 12.4. The van der Waals surface area contributed by atoms with Gasteiger partial charge in [-0.2, -0.15) is 15.5 Å². The first-order valence-corrected chi connectivity index (χ1v) is 9.72. The number of fused-ring (bicyclic) bond motifs is 1. The molecule has 0 atom stereocenters.